The second kappa shape index (κ2) is 7.01. The van der Waals surface area contributed by atoms with Crippen LogP contribution in [0.5, 0.6) is 0 Å². The Kier molecular flexibility index (Phi) is 5.34. The Morgan fingerprint density at radius 1 is 1.37 bits per heavy atom. The molecule has 1 heterocycles. The largest absolute Gasteiger partial charge is 0.314 e. The first-order valence-electron chi connectivity index (χ1n) is 7.50. The van der Waals surface area contributed by atoms with E-state index in [2.05, 4.69) is 48.2 Å². The lowest BCUT2D eigenvalue weighted by Crippen LogP contribution is -2.40. The molecule has 1 N–H and O–H groups in total. The van der Waals surface area contributed by atoms with Gasteiger partial charge in [0.1, 0.15) is 0 Å². The Bertz CT molecular complexity index is 362. The quantitative estimate of drug-likeness (QED) is 0.778. The molecule has 0 bridgehead atoms. The first kappa shape index (κ1) is 14.5. The molecule has 0 spiro atoms. The van der Waals surface area contributed by atoms with E-state index in [1.54, 1.807) is 0 Å². The molecule has 0 aliphatic heterocycles. The zero-order valence-electron chi connectivity index (χ0n) is 12.5. The molecule has 2 unspecified atom stereocenters. The second-order valence-electron chi connectivity index (χ2n) is 5.95. The van der Waals surface area contributed by atoms with Gasteiger partial charge in [-0.15, -0.1) is 0 Å². The molecule has 1 fully saturated rings. The minimum Gasteiger partial charge on any atom is -0.314 e. The van der Waals surface area contributed by atoms with Crippen LogP contribution in [0.25, 0.3) is 0 Å². The van der Waals surface area contributed by atoms with Gasteiger partial charge in [-0.2, -0.15) is 0 Å². The van der Waals surface area contributed by atoms with Crippen molar-refractivity contribution in [2.45, 2.75) is 45.2 Å². The molecule has 0 radical (unpaired) electrons. The minimum atomic E-state index is 0.606. The maximum Gasteiger partial charge on any atom is 0.0416 e. The van der Waals surface area contributed by atoms with Crippen LogP contribution >= 0.6 is 0 Å². The fraction of sp³-hybridized carbons (Fsp3) is 0.688. The van der Waals surface area contributed by atoms with Gasteiger partial charge in [0.25, 0.3) is 0 Å². The number of nitrogens with one attached hydrogen (secondary N) is 1. The molecule has 0 saturated heterocycles. The Morgan fingerprint density at radius 2 is 2.16 bits per heavy atom. The summed E-state index contributed by atoms with van der Waals surface area (Å²) in [5, 5.41) is 3.63. The SMILES string of the molecule is CC(CNC1CC1)C(C)N(C)CCc1ccccn1. The molecule has 0 amide bonds. The lowest BCUT2D eigenvalue weighted by molar-refractivity contribution is 0.197. The fourth-order valence-corrected chi connectivity index (χ4v) is 2.29. The van der Waals surface area contributed by atoms with Gasteiger partial charge in [-0.1, -0.05) is 13.0 Å². The van der Waals surface area contributed by atoms with Crippen LogP contribution in [0.1, 0.15) is 32.4 Å². The third-order valence-corrected chi connectivity index (χ3v) is 4.27. The highest BCUT2D eigenvalue weighted by Crippen LogP contribution is 2.19. The summed E-state index contributed by atoms with van der Waals surface area (Å²) in [5.41, 5.74) is 1.19. The predicted molar refractivity (Wildman–Crippen MR) is 80.2 cm³/mol. The van der Waals surface area contributed by atoms with Gasteiger partial charge in [0, 0.05) is 36.9 Å². The molecule has 1 aromatic heterocycles. The van der Waals surface area contributed by atoms with Gasteiger partial charge in [-0.25, -0.2) is 0 Å². The molecule has 2 rings (SSSR count). The van der Waals surface area contributed by atoms with E-state index in [0.29, 0.717) is 12.0 Å². The molecule has 19 heavy (non-hydrogen) atoms. The first-order chi connectivity index (χ1) is 9.16. The minimum absolute atomic E-state index is 0.606. The lowest BCUT2D eigenvalue weighted by atomic mass is 10.0. The molecule has 3 nitrogen and oxygen atoms in total. The summed E-state index contributed by atoms with van der Waals surface area (Å²) in [5.74, 6) is 0.689. The summed E-state index contributed by atoms with van der Waals surface area (Å²) in [6, 6.07) is 7.56. The third kappa shape index (κ3) is 4.92. The number of nitrogens with zero attached hydrogens (tertiary/aromatic N) is 2. The normalized spacial score (nSPS) is 18.5. The molecule has 2 atom stereocenters. The van der Waals surface area contributed by atoms with E-state index >= 15 is 0 Å². The van der Waals surface area contributed by atoms with Crippen molar-refractivity contribution in [2.24, 2.45) is 5.92 Å². The molecule has 3 heteroatoms. The monoisotopic (exact) mass is 261 g/mol. The van der Waals surface area contributed by atoms with E-state index < -0.39 is 0 Å². The second-order valence-corrected chi connectivity index (χ2v) is 5.95. The van der Waals surface area contributed by atoms with E-state index in [9.17, 15) is 0 Å². The van der Waals surface area contributed by atoms with E-state index in [-0.39, 0.29) is 0 Å². The Balaban J connectivity index is 1.69. The highest BCUT2D eigenvalue weighted by Gasteiger charge is 2.23. The van der Waals surface area contributed by atoms with Crippen molar-refractivity contribution in [3.63, 3.8) is 0 Å². The van der Waals surface area contributed by atoms with E-state index in [1.165, 1.54) is 18.5 Å². The summed E-state index contributed by atoms with van der Waals surface area (Å²) >= 11 is 0. The van der Waals surface area contributed by atoms with Crippen molar-refractivity contribution in [1.29, 1.82) is 0 Å². The standard InChI is InChI=1S/C16H27N3/c1-13(12-18-16-7-8-16)14(2)19(3)11-9-15-6-4-5-10-17-15/h4-6,10,13-14,16,18H,7-9,11-12H2,1-3H3. The van der Waals surface area contributed by atoms with Crippen molar-refractivity contribution < 1.29 is 0 Å². The number of pyridine rings is 1. The average molecular weight is 261 g/mol. The van der Waals surface area contributed by atoms with Crippen LogP contribution in [0.4, 0.5) is 0 Å². The summed E-state index contributed by atoms with van der Waals surface area (Å²) in [6.07, 6.45) is 5.65. The molecule has 0 aromatic carbocycles. The summed E-state index contributed by atoms with van der Waals surface area (Å²) < 4.78 is 0. The average Bonchev–Trinajstić information content (AvgIpc) is 3.26. The molecular weight excluding hydrogens is 234 g/mol. The number of aromatic nitrogens is 1. The number of rotatable bonds is 8. The molecule has 106 valence electrons. The Labute approximate surface area is 117 Å². The maximum absolute atomic E-state index is 4.38. The highest BCUT2D eigenvalue weighted by molar-refractivity contribution is 5.03. The summed E-state index contributed by atoms with van der Waals surface area (Å²) in [7, 11) is 2.22. The van der Waals surface area contributed by atoms with Crippen molar-refractivity contribution in [3.05, 3.63) is 30.1 Å². The van der Waals surface area contributed by atoms with E-state index in [1.807, 2.05) is 12.3 Å². The van der Waals surface area contributed by atoms with Gasteiger partial charge in [0.2, 0.25) is 0 Å². The Morgan fingerprint density at radius 3 is 2.79 bits per heavy atom. The first-order valence-corrected chi connectivity index (χ1v) is 7.50. The fourth-order valence-electron chi connectivity index (χ4n) is 2.29. The lowest BCUT2D eigenvalue weighted by Gasteiger charge is -2.30. The van der Waals surface area contributed by atoms with Crippen LogP contribution in [0.2, 0.25) is 0 Å². The van der Waals surface area contributed by atoms with Gasteiger partial charge >= 0.3 is 0 Å². The predicted octanol–water partition coefficient (Wildman–Crippen LogP) is 2.33. The highest BCUT2D eigenvalue weighted by atomic mass is 15.1. The smallest absolute Gasteiger partial charge is 0.0416 e. The molecule has 1 aliphatic carbocycles. The van der Waals surface area contributed by atoms with Crippen LogP contribution in [0.3, 0.4) is 0 Å². The van der Waals surface area contributed by atoms with Crippen LogP contribution in [-0.4, -0.2) is 42.1 Å². The van der Waals surface area contributed by atoms with Crippen LogP contribution in [-0.2, 0) is 6.42 Å². The Hall–Kier alpha value is -0.930. The van der Waals surface area contributed by atoms with Crippen LogP contribution < -0.4 is 5.32 Å². The maximum atomic E-state index is 4.38. The third-order valence-electron chi connectivity index (χ3n) is 4.27. The summed E-state index contributed by atoms with van der Waals surface area (Å²) in [6.45, 7) is 6.89. The number of hydrogen-bond donors (Lipinski definition) is 1. The number of hydrogen-bond acceptors (Lipinski definition) is 3. The number of likely N-dealkylation sites (N-methyl/N-ethyl adjacent to an activating group) is 1. The topological polar surface area (TPSA) is 28.2 Å². The van der Waals surface area contributed by atoms with Gasteiger partial charge in [-0.3, -0.25) is 4.98 Å². The van der Waals surface area contributed by atoms with E-state index in [4.69, 9.17) is 0 Å². The zero-order valence-corrected chi connectivity index (χ0v) is 12.5. The van der Waals surface area contributed by atoms with Crippen molar-refractivity contribution in [3.8, 4) is 0 Å². The summed E-state index contributed by atoms with van der Waals surface area (Å²) in [4.78, 5) is 6.84. The van der Waals surface area contributed by atoms with E-state index in [0.717, 1.165) is 25.6 Å². The van der Waals surface area contributed by atoms with Gasteiger partial charge < -0.3 is 10.2 Å². The van der Waals surface area contributed by atoms with Gasteiger partial charge in [-0.05, 0) is 51.4 Å². The molecule has 1 aliphatic rings. The van der Waals surface area contributed by atoms with Crippen LogP contribution in [0.15, 0.2) is 24.4 Å². The van der Waals surface area contributed by atoms with Crippen LogP contribution in [0, 0.1) is 5.92 Å². The zero-order chi connectivity index (χ0) is 13.7. The molecular formula is C16H27N3. The van der Waals surface area contributed by atoms with Crippen molar-refractivity contribution >= 4 is 0 Å². The van der Waals surface area contributed by atoms with Gasteiger partial charge in [0.15, 0.2) is 0 Å². The molecule has 1 aromatic rings. The van der Waals surface area contributed by atoms with Gasteiger partial charge in [0.05, 0.1) is 0 Å². The van der Waals surface area contributed by atoms with Crippen molar-refractivity contribution in [1.82, 2.24) is 15.2 Å². The van der Waals surface area contributed by atoms with Crippen molar-refractivity contribution in [2.75, 3.05) is 20.1 Å². The molecule has 1 saturated carbocycles.